The van der Waals surface area contributed by atoms with Crippen LogP contribution in [0.3, 0.4) is 0 Å². The van der Waals surface area contributed by atoms with Crippen LogP contribution in [0.5, 0.6) is 0 Å². The molecule has 0 saturated carbocycles. The molecular weight excluding hydrogens is 288 g/mol. The zero-order valence-electron chi connectivity index (χ0n) is 13.3. The van der Waals surface area contributed by atoms with Crippen molar-refractivity contribution < 1.29 is 4.79 Å². The van der Waals surface area contributed by atoms with Crippen molar-refractivity contribution in [3.63, 3.8) is 0 Å². The molecule has 118 valence electrons. The third-order valence-electron chi connectivity index (χ3n) is 4.02. The predicted octanol–water partition coefficient (Wildman–Crippen LogP) is 2.64. The molecule has 0 bridgehead atoms. The second-order valence-electron chi connectivity index (χ2n) is 5.75. The van der Waals surface area contributed by atoms with Gasteiger partial charge in [-0.25, -0.2) is 0 Å². The van der Waals surface area contributed by atoms with E-state index in [0.29, 0.717) is 5.56 Å². The molecule has 1 amide bonds. The Morgan fingerprint density at radius 1 is 1.35 bits per heavy atom. The maximum Gasteiger partial charge on any atom is 0.252 e. The molecule has 23 heavy (non-hydrogen) atoms. The Balaban J connectivity index is 1.77. The summed E-state index contributed by atoms with van der Waals surface area (Å²) in [6, 6.07) is 8.26. The number of fused-ring (bicyclic) bond motifs is 1. The molecule has 1 aromatic carbocycles. The lowest BCUT2D eigenvalue weighted by Gasteiger charge is -2.09. The van der Waals surface area contributed by atoms with E-state index in [-0.39, 0.29) is 0 Å². The number of carbonyl (C=O) groups excluding carboxylic acids is 1. The van der Waals surface area contributed by atoms with Gasteiger partial charge in [0.1, 0.15) is 0 Å². The normalized spacial score (nSPS) is 10.9. The number of nitrogens with zero attached hydrogens (tertiary/aromatic N) is 2. The number of amides is 1. The van der Waals surface area contributed by atoms with Gasteiger partial charge in [-0.3, -0.25) is 9.78 Å². The standard InChI is InChI=1S/C18H20N4O/c1-12-3-4-17-14(9-12)13(11-22(17)2)5-8-21-16-6-7-20-10-15(16)18(19)23/h3-4,6-7,9-11H,5,8H2,1-2H3,(H2,19,23)(H,20,21). The third kappa shape index (κ3) is 3.04. The topological polar surface area (TPSA) is 72.9 Å². The number of benzene rings is 1. The van der Waals surface area contributed by atoms with Crippen molar-refractivity contribution in [1.82, 2.24) is 9.55 Å². The molecule has 2 heterocycles. The van der Waals surface area contributed by atoms with Gasteiger partial charge in [-0.15, -0.1) is 0 Å². The summed E-state index contributed by atoms with van der Waals surface area (Å²) in [7, 11) is 2.06. The molecule has 0 unspecified atom stereocenters. The van der Waals surface area contributed by atoms with Crippen LogP contribution in [0.1, 0.15) is 21.5 Å². The Morgan fingerprint density at radius 2 is 2.17 bits per heavy atom. The summed E-state index contributed by atoms with van der Waals surface area (Å²) in [6.07, 6.45) is 6.16. The van der Waals surface area contributed by atoms with Gasteiger partial charge in [0.05, 0.1) is 11.3 Å². The molecule has 0 aliphatic rings. The van der Waals surface area contributed by atoms with Gasteiger partial charge in [0.15, 0.2) is 0 Å². The summed E-state index contributed by atoms with van der Waals surface area (Å²) in [6.45, 7) is 2.82. The Kier molecular flexibility index (Phi) is 4.02. The third-order valence-corrected chi connectivity index (χ3v) is 4.02. The number of pyridine rings is 1. The number of rotatable bonds is 5. The van der Waals surface area contributed by atoms with Crippen LogP contribution in [0, 0.1) is 6.92 Å². The van der Waals surface area contributed by atoms with Gasteiger partial charge in [-0.1, -0.05) is 11.6 Å². The molecule has 3 rings (SSSR count). The minimum absolute atomic E-state index is 0.418. The average molecular weight is 308 g/mol. The van der Waals surface area contributed by atoms with E-state index >= 15 is 0 Å². The van der Waals surface area contributed by atoms with E-state index in [4.69, 9.17) is 5.73 Å². The van der Waals surface area contributed by atoms with Crippen molar-refractivity contribution >= 4 is 22.5 Å². The second kappa shape index (κ2) is 6.12. The summed E-state index contributed by atoms with van der Waals surface area (Å²) in [5.41, 5.74) is 10.3. The minimum Gasteiger partial charge on any atom is -0.384 e. The number of nitrogens with two attached hydrogens (primary N) is 1. The van der Waals surface area contributed by atoms with Gasteiger partial charge in [0, 0.05) is 43.1 Å². The highest BCUT2D eigenvalue weighted by atomic mass is 16.1. The first-order chi connectivity index (χ1) is 11.1. The lowest BCUT2D eigenvalue weighted by Crippen LogP contribution is -2.15. The van der Waals surface area contributed by atoms with Crippen molar-refractivity contribution in [2.75, 3.05) is 11.9 Å². The Labute approximate surface area is 135 Å². The number of anilines is 1. The fourth-order valence-corrected chi connectivity index (χ4v) is 2.86. The number of primary amides is 1. The van der Waals surface area contributed by atoms with Gasteiger partial charge in [-0.2, -0.15) is 0 Å². The molecule has 3 N–H and O–H groups in total. The Hall–Kier alpha value is -2.82. The zero-order chi connectivity index (χ0) is 16.4. The number of hydrogen-bond acceptors (Lipinski definition) is 3. The van der Waals surface area contributed by atoms with Crippen LogP contribution >= 0.6 is 0 Å². The quantitative estimate of drug-likeness (QED) is 0.761. The zero-order valence-corrected chi connectivity index (χ0v) is 13.3. The van der Waals surface area contributed by atoms with Crippen molar-refractivity contribution in [3.05, 3.63) is 59.5 Å². The van der Waals surface area contributed by atoms with Crippen molar-refractivity contribution in [1.29, 1.82) is 0 Å². The lowest BCUT2D eigenvalue weighted by atomic mass is 10.1. The van der Waals surface area contributed by atoms with Crippen molar-refractivity contribution in [3.8, 4) is 0 Å². The van der Waals surface area contributed by atoms with Crippen LogP contribution in [0.25, 0.3) is 10.9 Å². The lowest BCUT2D eigenvalue weighted by molar-refractivity contribution is 0.100. The van der Waals surface area contributed by atoms with E-state index in [1.54, 1.807) is 12.3 Å². The molecule has 2 aromatic heterocycles. The van der Waals surface area contributed by atoms with Crippen molar-refractivity contribution in [2.24, 2.45) is 12.8 Å². The van der Waals surface area contributed by atoms with Crippen LogP contribution in [0.2, 0.25) is 0 Å². The number of carbonyl (C=O) groups is 1. The first kappa shape index (κ1) is 15.1. The molecule has 0 atom stereocenters. The summed E-state index contributed by atoms with van der Waals surface area (Å²) < 4.78 is 2.14. The number of aromatic nitrogens is 2. The fraction of sp³-hybridized carbons (Fsp3) is 0.222. The van der Waals surface area contributed by atoms with Crippen LogP contribution in [-0.2, 0) is 13.5 Å². The first-order valence-corrected chi connectivity index (χ1v) is 7.58. The monoisotopic (exact) mass is 308 g/mol. The molecule has 0 aliphatic carbocycles. The summed E-state index contributed by atoms with van der Waals surface area (Å²) in [5.74, 6) is -0.471. The largest absolute Gasteiger partial charge is 0.384 e. The van der Waals surface area contributed by atoms with E-state index in [9.17, 15) is 4.79 Å². The predicted molar refractivity (Wildman–Crippen MR) is 92.6 cm³/mol. The molecule has 5 heteroatoms. The summed E-state index contributed by atoms with van der Waals surface area (Å²) in [5, 5.41) is 4.56. The van der Waals surface area contributed by atoms with Crippen LogP contribution < -0.4 is 11.1 Å². The molecule has 0 spiro atoms. The molecule has 5 nitrogen and oxygen atoms in total. The highest BCUT2D eigenvalue weighted by molar-refractivity contribution is 5.98. The molecule has 0 saturated heterocycles. The van der Waals surface area contributed by atoms with Crippen LogP contribution in [0.15, 0.2) is 42.9 Å². The van der Waals surface area contributed by atoms with Gasteiger partial charge >= 0.3 is 0 Å². The summed E-state index contributed by atoms with van der Waals surface area (Å²) in [4.78, 5) is 15.4. The summed E-state index contributed by atoms with van der Waals surface area (Å²) >= 11 is 0. The van der Waals surface area contributed by atoms with Gasteiger partial charge in [0.2, 0.25) is 0 Å². The smallest absolute Gasteiger partial charge is 0.252 e. The molecule has 3 aromatic rings. The first-order valence-electron chi connectivity index (χ1n) is 7.58. The SMILES string of the molecule is Cc1ccc2c(c1)c(CCNc1ccncc1C(N)=O)cn2C. The van der Waals surface area contributed by atoms with E-state index in [1.807, 2.05) is 0 Å². The van der Waals surface area contributed by atoms with Gasteiger partial charge < -0.3 is 15.6 Å². The highest BCUT2D eigenvalue weighted by Gasteiger charge is 2.09. The molecule has 0 fully saturated rings. The molecular formula is C18H20N4O. The highest BCUT2D eigenvalue weighted by Crippen LogP contribution is 2.22. The van der Waals surface area contributed by atoms with Crippen LogP contribution in [0.4, 0.5) is 5.69 Å². The average Bonchev–Trinajstić information content (AvgIpc) is 2.83. The maximum absolute atomic E-state index is 11.4. The van der Waals surface area contributed by atoms with E-state index in [1.165, 1.54) is 28.2 Å². The number of aryl methyl sites for hydroxylation is 2. The van der Waals surface area contributed by atoms with E-state index < -0.39 is 5.91 Å². The molecule has 0 radical (unpaired) electrons. The second-order valence-corrected chi connectivity index (χ2v) is 5.75. The molecule has 0 aliphatic heterocycles. The van der Waals surface area contributed by atoms with Gasteiger partial charge in [0.25, 0.3) is 5.91 Å². The number of hydrogen-bond donors (Lipinski definition) is 2. The maximum atomic E-state index is 11.4. The Morgan fingerprint density at radius 3 is 2.96 bits per heavy atom. The minimum atomic E-state index is -0.471. The fourth-order valence-electron chi connectivity index (χ4n) is 2.86. The Bertz CT molecular complexity index is 867. The van der Waals surface area contributed by atoms with Crippen LogP contribution in [-0.4, -0.2) is 22.0 Å². The van der Waals surface area contributed by atoms with E-state index in [2.05, 4.69) is 53.2 Å². The van der Waals surface area contributed by atoms with Crippen molar-refractivity contribution in [2.45, 2.75) is 13.3 Å². The number of nitrogens with one attached hydrogen (secondary N) is 1. The van der Waals surface area contributed by atoms with Gasteiger partial charge in [-0.05, 0) is 37.1 Å². The van der Waals surface area contributed by atoms with E-state index in [0.717, 1.165) is 18.7 Å².